The van der Waals surface area contributed by atoms with Gasteiger partial charge in [0.15, 0.2) is 0 Å². The highest BCUT2D eigenvalue weighted by Gasteiger charge is 2.32. The molecular formula is C27H42N2O4. The van der Waals surface area contributed by atoms with Crippen LogP contribution < -0.4 is 0 Å². The van der Waals surface area contributed by atoms with Crippen LogP contribution in [0.1, 0.15) is 62.6 Å². The molecule has 6 heteroatoms. The molecule has 2 saturated heterocycles. The number of aromatic hydroxyl groups is 1. The van der Waals surface area contributed by atoms with Gasteiger partial charge >= 0.3 is 5.97 Å². The number of phenols is 1. The smallest absolute Gasteiger partial charge is 0.307 e. The first-order valence-corrected chi connectivity index (χ1v) is 12.7. The lowest BCUT2D eigenvalue weighted by Crippen LogP contribution is -2.44. The number of phenolic OH excluding ortho intramolecular Hbond substituents is 1. The summed E-state index contributed by atoms with van der Waals surface area (Å²) in [5.41, 5.74) is 2.86. The number of piperidine rings is 2. The van der Waals surface area contributed by atoms with Crippen LogP contribution in [0.3, 0.4) is 0 Å². The lowest BCUT2D eigenvalue weighted by Gasteiger charge is -2.40. The van der Waals surface area contributed by atoms with Crippen LogP contribution in [0.25, 0.3) is 0 Å². The summed E-state index contributed by atoms with van der Waals surface area (Å²) < 4.78 is 5.04. The predicted octanol–water partition coefficient (Wildman–Crippen LogP) is 4.09. The molecule has 0 aromatic heterocycles. The van der Waals surface area contributed by atoms with Gasteiger partial charge in [-0.25, -0.2) is 0 Å². The number of nitrogens with zero attached hydrogens (tertiary/aromatic N) is 2. The van der Waals surface area contributed by atoms with Gasteiger partial charge in [0.25, 0.3) is 0 Å². The summed E-state index contributed by atoms with van der Waals surface area (Å²) in [6.45, 7) is 12.8. The van der Waals surface area contributed by atoms with Gasteiger partial charge in [-0.05, 0) is 94.5 Å². The third-order valence-electron chi connectivity index (χ3n) is 7.60. The number of carbonyl (C=O) groups is 2. The van der Waals surface area contributed by atoms with Crippen molar-refractivity contribution < 1.29 is 19.4 Å². The maximum atomic E-state index is 13.1. The van der Waals surface area contributed by atoms with Gasteiger partial charge in [-0.3, -0.25) is 9.59 Å². The quantitative estimate of drug-likeness (QED) is 0.594. The van der Waals surface area contributed by atoms with Crippen LogP contribution >= 0.6 is 0 Å². The number of aryl methyl sites for hydroxylation is 2. The van der Waals surface area contributed by atoms with E-state index in [4.69, 9.17) is 4.74 Å². The molecule has 6 nitrogen and oxygen atoms in total. The van der Waals surface area contributed by atoms with E-state index < -0.39 is 0 Å². The second-order valence-electron chi connectivity index (χ2n) is 10.1. The van der Waals surface area contributed by atoms with Gasteiger partial charge < -0.3 is 19.6 Å². The van der Waals surface area contributed by atoms with E-state index in [-0.39, 0.29) is 17.8 Å². The van der Waals surface area contributed by atoms with Crippen LogP contribution in [0.15, 0.2) is 12.1 Å². The molecule has 0 unspecified atom stereocenters. The highest BCUT2D eigenvalue weighted by Crippen LogP contribution is 2.33. The van der Waals surface area contributed by atoms with Crippen molar-refractivity contribution in [3.05, 3.63) is 28.8 Å². The molecule has 0 aliphatic carbocycles. The van der Waals surface area contributed by atoms with E-state index in [1.807, 2.05) is 39.8 Å². The highest BCUT2D eigenvalue weighted by molar-refractivity contribution is 5.79. The first-order valence-electron chi connectivity index (χ1n) is 12.7. The molecule has 2 aliphatic rings. The minimum absolute atomic E-state index is 0.0486. The fraction of sp³-hybridized carbons (Fsp3) is 0.704. The van der Waals surface area contributed by atoms with E-state index in [9.17, 15) is 14.7 Å². The van der Waals surface area contributed by atoms with Gasteiger partial charge in [0.1, 0.15) is 5.75 Å². The largest absolute Gasteiger partial charge is 0.507 e. The van der Waals surface area contributed by atoms with Crippen molar-refractivity contribution in [1.82, 2.24) is 9.80 Å². The summed E-state index contributed by atoms with van der Waals surface area (Å²) in [5.74, 6) is 1.91. The Kier molecular flexibility index (Phi) is 9.19. The maximum Gasteiger partial charge on any atom is 0.307 e. The van der Waals surface area contributed by atoms with Crippen molar-refractivity contribution in [2.75, 3.05) is 39.3 Å². The van der Waals surface area contributed by atoms with Crippen LogP contribution in [-0.2, 0) is 20.7 Å². The zero-order chi connectivity index (χ0) is 24.0. The van der Waals surface area contributed by atoms with E-state index in [0.29, 0.717) is 31.1 Å². The van der Waals surface area contributed by atoms with Gasteiger partial charge in [-0.15, -0.1) is 0 Å². The van der Waals surface area contributed by atoms with Crippen LogP contribution in [0, 0.1) is 31.6 Å². The number of esters is 1. The van der Waals surface area contributed by atoms with Crippen molar-refractivity contribution in [2.24, 2.45) is 17.8 Å². The molecule has 1 N–H and O–H groups in total. The highest BCUT2D eigenvalue weighted by atomic mass is 16.5. The van der Waals surface area contributed by atoms with Crippen LogP contribution in [0.2, 0.25) is 0 Å². The van der Waals surface area contributed by atoms with E-state index in [1.54, 1.807) is 0 Å². The predicted molar refractivity (Wildman–Crippen MR) is 130 cm³/mol. The molecule has 184 valence electrons. The van der Waals surface area contributed by atoms with Crippen LogP contribution in [-0.4, -0.2) is 66.1 Å². The second kappa shape index (κ2) is 11.9. The fourth-order valence-corrected chi connectivity index (χ4v) is 5.64. The van der Waals surface area contributed by atoms with Crippen molar-refractivity contribution >= 4 is 11.9 Å². The number of hydrogen-bond donors (Lipinski definition) is 1. The normalized spacial score (nSPS) is 19.5. The number of amides is 1. The monoisotopic (exact) mass is 458 g/mol. The van der Waals surface area contributed by atoms with Gasteiger partial charge in [-0.1, -0.05) is 19.1 Å². The van der Waals surface area contributed by atoms with Gasteiger partial charge in [0.05, 0.1) is 13.0 Å². The molecule has 1 atom stereocenters. The third kappa shape index (κ3) is 6.95. The average Bonchev–Trinajstić information content (AvgIpc) is 2.81. The molecule has 0 bridgehead atoms. The van der Waals surface area contributed by atoms with E-state index >= 15 is 0 Å². The lowest BCUT2D eigenvalue weighted by atomic mass is 9.78. The molecule has 0 spiro atoms. The van der Waals surface area contributed by atoms with Crippen molar-refractivity contribution in [3.8, 4) is 5.75 Å². The molecule has 1 amide bonds. The van der Waals surface area contributed by atoms with Crippen LogP contribution in [0.4, 0.5) is 0 Å². The maximum absolute atomic E-state index is 13.1. The van der Waals surface area contributed by atoms with E-state index in [0.717, 1.165) is 68.2 Å². The molecular weight excluding hydrogens is 416 g/mol. The minimum Gasteiger partial charge on any atom is -0.507 e. The number of benzene rings is 1. The Morgan fingerprint density at radius 2 is 1.58 bits per heavy atom. The molecule has 0 radical (unpaired) electrons. The molecule has 2 heterocycles. The van der Waals surface area contributed by atoms with Gasteiger partial charge in [0, 0.05) is 25.6 Å². The standard InChI is InChI=1S/C27H42N2O4/c1-5-33-25(30)10-13-28-11-6-23(7-12-28)24-8-14-29(15-9-24)27(32)21(4)18-22-16-19(2)26(31)20(3)17-22/h16-17,21,23-24,31H,5-15,18H2,1-4H3/t21-/m1/s1. The summed E-state index contributed by atoms with van der Waals surface area (Å²) in [6.07, 6.45) is 5.78. The number of ether oxygens (including phenoxy) is 1. The Balaban J connectivity index is 1.40. The summed E-state index contributed by atoms with van der Waals surface area (Å²) in [5, 5.41) is 10.00. The SMILES string of the molecule is CCOC(=O)CCN1CCC(C2CCN(C(=O)[C@H](C)Cc3cc(C)c(O)c(C)c3)CC2)CC1. The molecule has 2 fully saturated rings. The molecule has 33 heavy (non-hydrogen) atoms. The molecule has 1 aromatic rings. The number of hydrogen-bond acceptors (Lipinski definition) is 5. The summed E-state index contributed by atoms with van der Waals surface area (Å²) >= 11 is 0. The third-order valence-corrected chi connectivity index (χ3v) is 7.60. The van der Waals surface area contributed by atoms with Crippen molar-refractivity contribution in [3.63, 3.8) is 0 Å². The Morgan fingerprint density at radius 1 is 1.03 bits per heavy atom. The zero-order valence-electron chi connectivity index (χ0n) is 20.9. The van der Waals surface area contributed by atoms with Gasteiger partial charge in [-0.2, -0.15) is 0 Å². The van der Waals surface area contributed by atoms with Crippen molar-refractivity contribution in [1.29, 1.82) is 0 Å². The molecule has 2 aliphatic heterocycles. The van der Waals surface area contributed by atoms with Crippen molar-refractivity contribution in [2.45, 2.75) is 66.2 Å². The topological polar surface area (TPSA) is 70.1 Å². The first kappa shape index (κ1) is 25.5. The molecule has 1 aromatic carbocycles. The first-order chi connectivity index (χ1) is 15.8. The number of rotatable bonds is 8. The summed E-state index contributed by atoms with van der Waals surface area (Å²) in [7, 11) is 0. The zero-order valence-corrected chi connectivity index (χ0v) is 20.9. The molecule has 0 saturated carbocycles. The van der Waals surface area contributed by atoms with Gasteiger partial charge in [0.2, 0.25) is 5.91 Å². The Labute approximate surface area is 199 Å². The van der Waals surface area contributed by atoms with E-state index in [1.165, 1.54) is 12.8 Å². The lowest BCUT2D eigenvalue weighted by molar-refractivity contribution is -0.143. The number of likely N-dealkylation sites (tertiary alicyclic amines) is 2. The molecule has 3 rings (SSSR count). The van der Waals surface area contributed by atoms with E-state index in [2.05, 4.69) is 9.80 Å². The fourth-order valence-electron chi connectivity index (χ4n) is 5.64. The second-order valence-corrected chi connectivity index (χ2v) is 10.1. The summed E-state index contributed by atoms with van der Waals surface area (Å²) in [6, 6.07) is 3.99. The van der Waals surface area contributed by atoms with Crippen LogP contribution in [0.5, 0.6) is 5.75 Å². The summed E-state index contributed by atoms with van der Waals surface area (Å²) in [4.78, 5) is 29.1. The number of carbonyl (C=O) groups excluding carboxylic acids is 2. The Morgan fingerprint density at radius 3 is 2.12 bits per heavy atom. The average molecular weight is 459 g/mol. The minimum atomic E-state index is -0.0958. The Bertz CT molecular complexity index is 785. The Hall–Kier alpha value is -2.08.